The van der Waals surface area contributed by atoms with Crippen molar-refractivity contribution in [1.29, 1.82) is 0 Å². The molecule has 0 amide bonds. The zero-order chi connectivity index (χ0) is 40.3. The molecule has 0 radical (unpaired) electrons. The van der Waals surface area contributed by atoms with Crippen LogP contribution in [0.2, 0.25) is 0 Å². The van der Waals surface area contributed by atoms with Crippen molar-refractivity contribution in [2.45, 2.75) is 119 Å². The lowest BCUT2D eigenvalue weighted by atomic mass is 9.49. The van der Waals surface area contributed by atoms with Gasteiger partial charge in [0.2, 0.25) is 0 Å². The fourth-order valence-electron chi connectivity index (χ4n) is 12.7. The molecule has 0 aliphatic heterocycles. The van der Waals surface area contributed by atoms with Gasteiger partial charge in [0.15, 0.2) is 5.78 Å². The molecule has 0 spiro atoms. The molecule has 0 unspecified atom stereocenters. The van der Waals surface area contributed by atoms with E-state index in [1.807, 2.05) is 60.0 Å². The van der Waals surface area contributed by atoms with Crippen LogP contribution in [0, 0.1) is 28.6 Å². The van der Waals surface area contributed by atoms with E-state index in [1.165, 1.54) is 36.2 Å². The minimum absolute atomic E-state index is 0.0409. The van der Waals surface area contributed by atoms with Crippen molar-refractivity contribution in [3.05, 3.63) is 124 Å². The Balaban J connectivity index is 1.11. The summed E-state index contributed by atoms with van der Waals surface area (Å²) in [6, 6.07) is 27.6. The average molecular weight is 818 g/mol. The van der Waals surface area contributed by atoms with Gasteiger partial charge < -0.3 is 10.2 Å². The fraction of sp³-hybridized carbons (Fsp3) is 0.500. The van der Waals surface area contributed by atoms with Crippen LogP contribution in [0.15, 0.2) is 106 Å². The van der Waals surface area contributed by atoms with Crippen LogP contribution < -0.4 is 0 Å². The smallest absolute Gasteiger partial charge is 0.252 e. The lowest BCUT2D eigenvalue weighted by Crippen LogP contribution is -2.57. The zero-order valence-corrected chi connectivity index (χ0v) is 35.7. The Hall–Kier alpha value is -3.40. The number of benzene rings is 3. The Morgan fingerprint density at radius 2 is 1.53 bits per heavy atom. The molecule has 3 aromatic carbocycles. The van der Waals surface area contributed by atoms with Crippen LogP contribution >= 0.6 is 11.3 Å². The van der Waals surface area contributed by atoms with Gasteiger partial charge in [-0.25, -0.2) is 8.42 Å². The van der Waals surface area contributed by atoms with E-state index < -0.39 is 27.1 Å². The molecule has 1 heterocycles. The second-order valence-electron chi connectivity index (χ2n) is 19.3. The van der Waals surface area contributed by atoms with Crippen molar-refractivity contribution in [2.24, 2.45) is 28.6 Å². The Bertz CT molecular complexity index is 2230. The van der Waals surface area contributed by atoms with Crippen LogP contribution in [0.4, 0.5) is 0 Å². The maximum absolute atomic E-state index is 14.8. The van der Waals surface area contributed by atoms with Crippen molar-refractivity contribution < 1.29 is 23.4 Å². The number of ketones is 1. The molecule has 1 aromatic heterocycles. The Morgan fingerprint density at radius 1 is 0.845 bits per heavy atom. The normalized spacial score (nSPS) is 32.2. The van der Waals surface area contributed by atoms with E-state index in [4.69, 9.17) is 0 Å². The van der Waals surface area contributed by atoms with Gasteiger partial charge in [0.05, 0.1) is 11.7 Å². The minimum Gasteiger partial charge on any atom is -0.393 e. The fourth-order valence-corrected chi connectivity index (χ4v) is 15.5. The summed E-state index contributed by atoms with van der Waals surface area (Å²) in [4.78, 5) is 14.8. The highest BCUT2D eigenvalue weighted by atomic mass is 32.2. The third-order valence-electron chi connectivity index (χ3n) is 15.4. The molecule has 4 atom stereocenters. The van der Waals surface area contributed by atoms with Crippen LogP contribution in [0.25, 0.3) is 11.1 Å². The topological polar surface area (TPSA) is 94.9 Å². The first-order valence-electron chi connectivity index (χ1n) is 21.8. The van der Waals surface area contributed by atoms with Crippen LogP contribution in [-0.4, -0.2) is 53.5 Å². The second-order valence-corrected chi connectivity index (χ2v) is 22.5. The van der Waals surface area contributed by atoms with Crippen LogP contribution in [-0.2, 0) is 16.4 Å². The van der Waals surface area contributed by atoms with Gasteiger partial charge in [0.1, 0.15) is 4.21 Å². The quantitative estimate of drug-likeness (QED) is 0.130. The number of carbonyl (C=O) groups excluding carboxylic acids is 1. The summed E-state index contributed by atoms with van der Waals surface area (Å²) in [6.45, 7) is 4.78. The van der Waals surface area contributed by atoms with Gasteiger partial charge in [-0.05, 0) is 159 Å². The van der Waals surface area contributed by atoms with Crippen LogP contribution in [0.1, 0.15) is 124 Å². The summed E-state index contributed by atoms with van der Waals surface area (Å²) in [5, 5.41) is 26.3. The van der Waals surface area contributed by atoms with Crippen molar-refractivity contribution in [3.8, 4) is 11.1 Å². The molecule has 11 rings (SSSR count). The maximum atomic E-state index is 14.8. The van der Waals surface area contributed by atoms with Gasteiger partial charge in [0.25, 0.3) is 10.0 Å². The summed E-state index contributed by atoms with van der Waals surface area (Å²) >= 11 is 1.26. The summed E-state index contributed by atoms with van der Waals surface area (Å²) < 4.78 is 31.7. The third-order valence-corrected chi connectivity index (χ3v) is 18.5. The molecule has 7 aliphatic carbocycles. The van der Waals surface area contributed by atoms with Gasteiger partial charge in [-0.1, -0.05) is 91.4 Å². The maximum Gasteiger partial charge on any atom is 0.252 e. The van der Waals surface area contributed by atoms with Gasteiger partial charge in [-0.15, -0.1) is 11.3 Å². The predicted molar refractivity (Wildman–Crippen MR) is 232 cm³/mol. The van der Waals surface area contributed by atoms with E-state index in [2.05, 4.69) is 44.2 Å². The molecule has 4 aromatic rings. The van der Waals surface area contributed by atoms with Crippen molar-refractivity contribution in [1.82, 2.24) is 4.31 Å². The van der Waals surface area contributed by atoms with Gasteiger partial charge >= 0.3 is 0 Å². The van der Waals surface area contributed by atoms with E-state index in [0.717, 1.165) is 47.9 Å². The second kappa shape index (κ2) is 15.6. The lowest BCUT2D eigenvalue weighted by Gasteiger charge is -2.58. The molecule has 6 nitrogen and oxygen atoms in total. The Morgan fingerprint density at radius 3 is 2.21 bits per heavy atom. The summed E-state index contributed by atoms with van der Waals surface area (Å²) in [6.07, 6.45) is 13.1. The standard InChI is InChI=1S/C50H59NO5S2/c1-34-8-6-21-48(2)45(43-19-13-35(27-42(52)18-12-34)28-44(43)47(53)41-16-14-40(15-17-41)39-9-4-3-5-10-39)20-22-50(48,54)33-51(58(55,56)46-11-7-23-57-46)32-49-29-36-24-37(30-49)26-38(25-36)31-49/h3-5,7-11,13-17,19,23,28,36-38,42,45,52,54H,6,12,18,20-22,24-27,29-33H2,1-2H3/t36?,37?,38?,42-,45-,48-,49?,50+/m0/s1. The number of rotatable bonds is 9. The summed E-state index contributed by atoms with van der Waals surface area (Å²) in [5.41, 5.74) is 4.23. The van der Waals surface area contributed by atoms with Crippen molar-refractivity contribution >= 4 is 27.1 Å². The van der Waals surface area contributed by atoms with Gasteiger partial charge in [-0.2, -0.15) is 4.31 Å². The molecule has 7 aliphatic rings. The van der Waals surface area contributed by atoms with E-state index >= 15 is 0 Å². The number of sulfonamides is 1. The summed E-state index contributed by atoms with van der Waals surface area (Å²) in [7, 11) is -3.88. The number of nitrogens with zero attached hydrogens (tertiary/aromatic N) is 1. The monoisotopic (exact) mass is 817 g/mol. The molecule has 5 saturated carbocycles. The number of fused-ring (bicyclic) bond motifs is 8. The molecule has 5 fully saturated rings. The molecule has 58 heavy (non-hydrogen) atoms. The molecule has 2 N–H and O–H groups in total. The molecule has 306 valence electrons. The Labute approximate surface area is 349 Å². The predicted octanol–water partition coefficient (Wildman–Crippen LogP) is 10.6. The zero-order valence-electron chi connectivity index (χ0n) is 34.1. The van der Waals surface area contributed by atoms with E-state index in [9.17, 15) is 23.4 Å². The van der Waals surface area contributed by atoms with Gasteiger partial charge in [0, 0.05) is 29.6 Å². The minimum atomic E-state index is -3.88. The molecule has 8 heteroatoms. The lowest BCUT2D eigenvalue weighted by molar-refractivity contribution is -0.0920. The largest absolute Gasteiger partial charge is 0.393 e. The van der Waals surface area contributed by atoms with Crippen molar-refractivity contribution in [3.63, 3.8) is 0 Å². The van der Waals surface area contributed by atoms with Crippen LogP contribution in [0.5, 0.6) is 0 Å². The van der Waals surface area contributed by atoms with Crippen LogP contribution in [0.3, 0.4) is 0 Å². The first-order valence-corrected chi connectivity index (χ1v) is 24.1. The highest BCUT2D eigenvalue weighted by molar-refractivity contribution is 7.91. The number of carbonyl (C=O) groups is 1. The highest BCUT2D eigenvalue weighted by Gasteiger charge is 2.59. The SMILES string of the molecule is CC1=CCC[C@@]2(C)[C@@H](CC[C@@]2(O)CN(CC23CC4CC(CC(C4)C2)C3)S(=O)(=O)c2cccs2)c2ccc(cc2C(=O)c2ccc(-c3ccccc3)cc2)C[C@@H](O)CC1. The molecule has 0 saturated heterocycles. The highest BCUT2D eigenvalue weighted by Crippen LogP contribution is 2.62. The number of aliphatic hydroxyl groups excluding tert-OH is 1. The van der Waals surface area contributed by atoms with E-state index in [0.29, 0.717) is 78.2 Å². The number of thiophene rings is 1. The number of hydrogen-bond donors (Lipinski definition) is 2. The number of hydrogen-bond acceptors (Lipinski definition) is 6. The molecular weight excluding hydrogens is 759 g/mol. The number of aliphatic hydroxyl groups is 2. The molecular formula is C50H59NO5S2. The molecule has 6 bridgehead atoms. The average Bonchev–Trinajstić information content (AvgIpc) is 3.84. The summed E-state index contributed by atoms with van der Waals surface area (Å²) in [5.74, 6) is 1.77. The van der Waals surface area contributed by atoms with E-state index in [-0.39, 0.29) is 23.7 Å². The first-order chi connectivity index (χ1) is 27.8. The third kappa shape index (κ3) is 7.51. The number of allylic oxidation sites excluding steroid dienone is 2. The Kier molecular flexibility index (Phi) is 10.7. The van der Waals surface area contributed by atoms with Gasteiger partial charge in [-0.3, -0.25) is 4.79 Å². The van der Waals surface area contributed by atoms with E-state index in [1.54, 1.807) is 10.4 Å². The van der Waals surface area contributed by atoms with Crippen molar-refractivity contribution in [2.75, 3.05) is 13.1 Å². The first kappa shape index (κ1) is 40.0.